The fraction of sp³-hybridized carbons (Fsp3) is 0.429. The highest BCUT2D eigenvalue weighted by molar-refractivity contribution is 7.13. The third-order valence-electron chi connectivity index (χ3n) is 1.55. The van der Waals surface area contributed by atoms with Gasteiger partial charge < -0.3 is 4.74 Å². The van der Waals surface area contributed by atoms with Crippen molar-refractivity contribution in [2.24, 2.45) is 0 Å². The third-order valence-corrected chi connectivity index (χ3v) is 2.50. The lowest BCUT2D eigenvalue weighted by molar-refractivity contribution is -0.151. The van der Waals surface area contributed by atoms with Gasteiger partial charge in [0.25, 0.3) is 0 Å². The van der Waals surface area contributed by atoms with Crippen molar-refractivity contribution in [2.75, 3.05) is 13.2 Å². The smallest absolute Gasteiger partial charge is 0.303 e. The quantitative estimate of drug-likeness (QED) is 0.499. The summed E-state index contributed by atoms with van der Waals surface area (Å²) in [6.07, 6.45) is 2.20. The van der Waals surface area contributed by atoms with Crippen LogP contribution in [-0.2, 0) is 4.74 Å². The number of hydrogen-bond donors (Lipinski definition) is 0. The molecule has 0 aromatic carbocycles. The van der Waals surface area contributed by atoms with Gasteiger partial charge in [0.15, 0.2) is 17.9 Å². The monoisotopic (exact) mass is 186 g/mol. The highest BCUT2D eigenvalue weighted by Gasteiger charge is 2.25. The fourth-order valence-electron chi connectivity index (χ4n) is 1.03. The summed E-state index contributed by atoms with van der Waals surface area (Å²) in [5, 5.41) is 0.482. The van der Waals surface area contributed by atoms with E-state index >= 15 is 0 Å². The molecular weight excluding hydrogens is 178 g/mol. The second-order valence-corrected chi connectivity index (χ2v) is 3.44. The van der Waals surface area contributed by atoms with Crippen molar-refractivity contribution in [2.45, 2.75) is 6.29 Å². The van der Waals surface area contributed by atoms with Crippen LogP contribution in [-0.4, -0.2) is 29.2 Å². The van der Waals surface area contributed by atoms with Crippen LogP contribution in [0.4, 0.5) is 0 Å². The standard InChI is InChI=1S/C7H7NO3S/c9-4-6-8-3-5(12-6)7-10-1-2-11-7/h3-4,7H,1-2H2/p+1. The minimum atomic E-state index is -0.184. The second-order valence-electron chi connectivity index (χ2n) is 2.35. The van der Waals surface area contributed by atoms with Gasteiger partial charge in [0.05, 0.1) is 6.20 Å². The highest BCUT2D eigenvalue weighted by Crippen LogP contribution is 2.25. The van der Waals surface area contributed by atoms with Gasteiger partial charge in [-0.2, -0.15) is 0 Å². The largest absolute Gasteiger partial charge is 0.404 e. The summed E-state index contributed by atoms with van der Waals surface area (Å²) in [7, 11) is 0. The van der Waals surface area contributed by atoms with E-state index in [1.54, 1.807) is 6.20 Å². The lowest BCUT2D eigenvalue weighted by Crippen LogP contribution is -1.98. The van der Waals surface area contributed by atoms with Gasteiger partial charge in [-0.25, -0.2) is 4.98 Å². The average molecular weight is 186 g/mol. The summed E-state index contributed by atoms with van der Waals surface area (Å²) in [6, 6.07) is 0. The van der Waals surface area contributed by atoms with E-state index in [0.29, 0.717) is 11.6 Å². The number of carbonyl (C=O) groups excluding carboxylic acids is 1. The Morgan fingerprint density at radius 1 is 1.83 bits per heavy atom. The van der Waals surface area contributed by atoms with E-state index in [1.165, 1.54) is 11.3 Å². The molecular formula is C7H8NO3S+. The minimum Gasteiger partial charge on any atom is -0.404 e. The molecule has 1 aliphatic heterocycles. The van der Waals surface area contributed by atoms with Gasteiger partial charge in [-0.1, -0.05) is 0 Å². The number of aliphatic hydroxyl groups is 2. The van der Waals surface area contributed by atoms with Crippen LogP contribution in [0.2, 0.25) is 0 Å². The van der Waals surface area contributed by atoms with E-state index in [-0.39, 0.29) is 6.29 Å². The topological polar surface area (TPSA) is 52.0 Å². The normalized spacial score (nSPS) is 22.8. The average Bonchev–Trinajstić information content (AvgIpc) is 2.75. The molecule has 0 amide bonds. The molecule has 1 saturated heterocycles. The molecule has 1 unspecified atom stereocenters. The SMILES string of the molecule is O=Cc1ncc(C2OCC[OH+]2)s1. The van der Waals surface area contributed by atoms with Crippen molar-refractivity contribution < 1.29 is 14.3 Å². The van der Waals surface area contributed by atoms with E-state index in [1.807, 2.05) is 0 Å². The van der Waals surface area contributed by atoms with Gasteiger partial charge >= 0.3 is 6.29 Å². The first-order chi connectivity index (χ1) is 5.90. The number of nitrogens with zero attached hydrogens (tertiary/aromatic N) is 1. The molecule has 1 N–H and O–H groups in total. The number of aromatic nitrogens is 1. The van der Waals surface area contributed by atoms with Crippen molar-refractivity contribution >= 4 is 17.6 Å². The van der Waals surface area contributed by atoms with E-state index in [0.717, 1.165) is 17.8 Å². The maximum Gasteiger partial charge on any atom is 0.303 e. The summed E-state index contributed by atoms with van der Waals surface area (Å²) < 4.78 is 9.47. The third kappa shape index (κ3) is 1.38. The summed E-state index contributed by atoms with van der Waals surface area (Å²) in [5.41, 5.74) is 0. The molecule has 0 radical (unpaired) electrons. The molecule has 4 nitrogen and oxygen atoms in total. The molecule has 0 aliphatic carbocycles. The zero-order valence-electron chi connectivity index (χ0n) is 6.27. The van der Waals surface area contributed by atoms with Crippen LogP contribution in [0.3, 0.4) is 0 Å². The van der Waals surface area contributed by atoms with Crippen LogP contribution >= 0.6 is 11.3 Å². The van der Waals surface area contributed by atoms with E-state index in [9.17, 15) is 4.79 Å². The number of hydrogen-bond acceptors (Lipinski definition) is 4. The van der Waals surface area contributed by atoms with Crippen molar-refractivity contribution in [1.29, 1.82) is 0 Å². The van der Waals surface area contributed by atoms with Gasteiger partial charge in [-0.15, -0.1) is 11.3 Å². The zero-order valence-corrected chi connectivity index (χ0v) is 7.08. The van der Waals surface area contributed by atoms with Gasteiger partial charge in [0.1, 0.15) is 11.5 Å². The maximum absolute atomic E-state index is 10.3. The molecule has 5 heteroatoms. The summed E-state index contributed by atoms with van der Waals surface area (Å²) >= 11 is 1.33. The van der Waals surface area contributed by atoms with E-state index < -0.39 is 0 Å². The van der Waals surface area contributed by atoms with E-state index in [4.69, 9.17) is 4.74 Å². The molecule has 1 atom stereocenters. The van der Waals surface area contributed by atoms with Crippen molar-refractivity contribution in [3.05, 3.63) is 16.1 Å². The molecule has 64 valence electrons. The Hall–Kier alpha value is -0.780. The highest BCUT2D eigenvalue weighted by atomic mass is 32.1. The lowest BCUT2D eigenvalue weighted by atomic mass is 10.5. The Morgan fingerprint density at radius 2 is 2.75 bits per heavy atom. The molecule has 1 fully saturated rings. The second kappa shape index (κ2) is 3.30. The molecule has 2 heterocycles. The Bertz CT molecular complexity index is 280. The number of ether oxygens (including phenoxy) is 2. The fourth-order valence-corrected chi connectivity index (χ4v) is 1.77. The molecule has 1 aliphatic rings. The van der Waals surface area contributed by atoms with Gasteiger partial charge in [-0.05, 0) is 0 Å². The molecule has 0 saturated carbocycles. The number of aldehydes is 1. The zero-order chi connectivity index (χ0) is 8.39. The number of rotatable bonds is 2. The lowest BCUT2D eigenvalue weighted by Gasteiger charge is -1.98. The maximum atomic E-state index is 10.3. The molecule has 1 aromatic heterocycles. The van der Waals surface area contributed by atoms with Crippen LogP contribution in [0, 0.1) is 0 Å². The van der Waals surface area contributed by atoms with Gasteiger partial charge in [0, 0.05) is 0 Å². The van der Waals surface area contributed by atoms with Crippen molar-refractivity contribution in [1.82, 2.24) is 4.98 Å². The predicted molar refractivity (Wildman–Crippen MR) is 43.3 cm³/mol. The Kier molecular flexibility index (Phi) is 2.16. The summed E-state index contributed by atoms with van der Waals surface area (Å²) in [5.74, 6) is 0. The van der Waals surface area contributed by atoms with Crippen LogP contribution in [0.25, 0.3) is 0 Å². The molecule has 0 spiro atoms. The Labute approximate surface area is 73.1 Å². The molecule has 1 aromatic rings. The Balaban J connectivity index is 2.16. The van der Waals surface area contributed by atoms with Crippen LogP contribution in [0.1, 0.15) is 21.0 Å². The first kappa shape index (κ1) is 7.85. The molecule has 0 bridgehead atoms. The van der Waals surface area contributed by atoms with Gasteiger partial charge in [0.2, 0.25) is 0 Å². The summed E-state index contributed by atoms with van der Waals surface area (Å²) in [4.78, 5) is 15.1. The predicted octanol–water partition coefficient (Wildman–Crippen LogP) is 0.512. The first-order valence-electron chi connectivity index (χ1n) is 3.59. The summed E-state index contributed by atoms with van der Waals surface area (Å²) in [6.45, 7) is 1.40. The first-order valence-corrected chi connectivity index (χ1v) is 4.41. The van der Waals surface area contributed by atoms with Crippen LogP contribution in [0.5, 0.6) is 0 Å². The molecule has 2 rings (SSSR count). The van der Waals surface area contributed by atoms with E-state index in [2.05, 4.69) is 9.72 Å². The minimum absolute atomic E-state index is 0.184. The van der Waals surface area contributed by atoms with Crippen LogP contribution in [0.15, 0.2) is 6.20 Å². The molecule has 12 heavy (non-hydrogen) atoms. The Morgan fingerprint density at radius 3 is 3.33 bits per heavy atom. The van der Waals surface area contributed by atoms with Crippen molar-refractivity contribution in [3.63, 3.8) is 0 Å². The number of thiazole rings is 1. The van der Waals surface area contributed by atoms with Crippen molar-refractivity contribution in [3.8, 4) is 0 Å². The van der Waals surface area contributed by atoms with Crippen LogP contribution < -0.4 is 0 Å². The van der Waals surface area contributed by atoms with Gasteiger partial charge in [-0.3, -0.25) is 9.53 Å². The number of carbonyl (C=O) groups is 1.